The summed E-state index contributed by atoms with van der Waals surface area (Å²) in [7, 11) is -0.412. The molecule has 1 saturated heterocycles. The average Bonchev–Trinajstić information content (AvgIpc) is 2.44. The van der Waals surface area contributed by atoms with Crippen molar-refractivity contribution in [3.8, 4) is 6.07 Å². The number of thioether (sulfide) groups is 1. The monoisotopic (exact) mass is 253 g/mol. The van der Waals surface area contributed by atoms with Crippen molar-refractivity contribution in [2.45, 2.75) is 52.2 Å². The van der Waals surface area contributed by atoms with E-state index in [1.54, 1.807) is 0 Å². The molecular weight excluding hydrogens is 233 g/mol. The Morgan fingerprint density at radius 2 is 1.71 bits per heavy atom. The Bertz CT molecular complexity index is 355. The largest absolute Gasteiger partial charge is 0.502 e. The summed E-state index contributed by atoms with van der Waals surface area (Å²) in [6.07, 6.45) is 2.66. The Morgan fingerprint density at radius 3 is 2.00 bits per heavy atom. The van der Waals surface area contributed by atoms with Gasteiger partial charge in [0.25, 0.3) is 0 Å². The molecule has 0 aromatic rings. The molecule has 0 saturated carbocycles. The van der Waals surface area contributed by atoms with Crippen molar-refractivity contribution in [3.05, 3.63) is 10.4 Å². The molecule has 0 amide bonds. The van der Waals surface area contributed by atoms with Gasteiger partial charge in [0.05, 0.1) is 17.3 Å². The minimum Gasteiger partial charge on any atom is -0.399 e. The maximum Gasteiger partial charge on any atom is 0.502 e. The summed E-state index contributed by atoms with van der Waals surface area (Å²) >= 11 is 1.53. The van der Waals surface area contributed by atoms with Crippen LogP contribution in [0.1, 0.15) is 41.0 Å². The second-order valence-corrected chi connectivity index (χ2v) is 5.95. The lowest BCUT2D eigenvalue weighted by Gasteiger charge is -2.32. The highest BCUT2D eigenvalue weighted by Gasteiger charge is 2.52. The van der Waals surface area contributed by atoms with E-state index >= 15 is 0 Å². The number of allylic oxidation sites excluding steroid dienone is 1. The predicted octanol–water partition coefficient (Wildman–Crippen LogP) is 3.17. The van der Waals surface area contributed by atoms with Crippen LogP contribution in [0.5, 0.6) is 0 Å². The Kier molecular flexibility index (Phi) is 4.35. The first kappa shape index (κ1) is 14.6. The molecule has 0 spiro atoms. The van der Waals surface area contributed by atoms with Crippen molar-refractivity contribution in [3.63, 3.8) is 0 Å². The molecular formula is C12H20BNO2S. The molecule has 1 fully saturated rings. The minimum atomic E-state index is -0.412. The fourth-order valence-corrected chi connectivity index (χ4v) is 2.35. The molecule has 3 nitrogen and oxygen atoms in total. The fourth-order valence-electron chi connectivity index (χ4n) is 1.62. The van der Waals surface area contributed by atoms with Gasteiger partial charge in [0.2, 0.25) is 0 Å². The molecule has 1 aliphatic rings. The summed E-state index contributed by atoms with van der Waals surface area (Å²) in [6, 6.07) is 2.23. The van der Waals surface area contributed by atoms with Crippen LogP contribution in [0.4, 0.5) is 0 Å². The van der Waals surface area contributed by atoms with Crippen LogP contribution in [0.15, 0.2) is 10.4 Å². The van der Waals surface area contributed by atoms with Crippen molar-refractivity contribution in [1.82, 2.24) is 0 Å². The van der Waals surface area contributed by atoms with E-state index in [4.69, 9.17) is 14.6 Å². The van der Waals surface area contributed by atoms with Gasteiger partial charge in [0.15, 0.2) is 0 Å². The number of nitriles is 1. The molecule has 0 atom stereocenters. The van der Waals surface area contributed by atoms with Crippen molar-refractivity contribution >= 4 is 18.9 Å². The average molecular weight is 253 g/mol. The first-order valence-electron chi connectivity index (χ1n) is 5.81. The van der Waals surface area contributed by atoms with Crippen molar-refractivity contribution < 1.29 is 9.31 Å². The van der Waals surface area contributed by atoms with Crippen LogP contribution < -0.4 is 0 Å². The van der Waals surface area contributed by atoms with Crippen molar-refractivity contribution in [1.29, 1.82) is 5.26 Å². The summed E-state index contributed by atoms with van der Waals surface area (Å²) in [5, 5.41) is 9.12. The third-order valence-corrected chi connectivity index (χ3v) is 4.35. The molecule has 1 heterocycles. The first-order chi connectivity index (χ1) is 7.79. The number of hydrogen-bond acceptors (Lipinski definition) is 4. The highest BCUT2D eigenvalue weighted by Crippen LogP contribution is 2.41. The smallest absolute Gasteiger partial charge is 0.399 e. The number of rotatable bonds is 3. The van der Waals surface area contributed by atoms with Gasteiger partial charge in [-0.1, -0.05) is 6.92 Å². The summed E-state index contributed by atoms with van der Waals surface area (Å²) in [5.41, 5.74) is 0.0379. The molecule has 17 heavy (non-hydrogen) atoms. The van der Waals surface area contributed by atoms with Gasteiger partial charge in [0.1, 0.15) is 0 Å². The molecule has 1 aliphatic heterocycles. The van der Waals surface area contributed by atoms with E-state index in [-0.39, 0.29) is 11.2 Å². The Morgan fingerprint density at radius 1 is 1.24 bits per heavy atom. The van der Waals surface area contributed by atoms with Crippen LogP contribution in [-0.4, -0.2) is 24.6 Å². The van der Waals surface area contributed by atoms with Gasteiger partial charge in [-0.15, -0.1) is 11.8 Å². The normalized spacial score (nSPS) is 23.2. The highest BCUT2D eigenvalue weighted by molar-refractivity contribution is 8.04. The predicted molar refractivity (Wildman–Crippen MR) is 72.5 cm³/mol. The fraction of sp³-hybridized carbons (Fsp3) is 0.750. The van der Waals surface area contributed by atoms with E-state index in [0.717, 1.165) is 10.4 Å². The van der Waals surface area contributed by atoms with E-state index in [2.05, 4.69) is 6.07 Å². The summed E-state index contributed by atoms with van der Waals surface area (Å²) in [4.78, 5) is 0.897. The third-order valence-electron chi connectivity index (χ3n) is 3.47. The molecule has 1 rings (SSSR count). The lowest BCUT2D eigenvalue weighted by Crippen LogP contribution is -2.41. The molecule has 0 aromatic carbocycles. The Balaban J connectivity index is 3.05. The van der Waals surface area contributed by atoms with E-state index in [9.17, 15) is 0 Å². The molecule has 5 heteroatoms. The topological polar surface area (TPSA) is 42.2 Å². The SMILES string of the molecule is CC/C(C#N)=C(\SC)B1OC(C)(C)C(C)(C)O1. The minimum absolute atomic E-state index is 0.354. The first-order valence-corrected chi connectivity index (χ1v) is 7.04. The van der Waals surface area contributed by atoms with Gasteiger partial charge >= 0.3 is 7.12 Å². The second kappa shape index (κ2) is 5.05. The zero-order valence-electron chi connectivity index (χ0n) is 11.5. The molecule has 94 valence electrons. The summed E-state index contributed by atoms with van der Waals surface area (Å²) in [6.45, 7) is 10.0. The highest BCUT2D eigenvalue weighted by atomic mass is 32.2. The number of nitrogens with zero attached hydrogens (tertiary/aromatic N) is 1. The van der Waals surface area contributed by atoms with Crippen LogP contribution >= 0.6 is 11.8 Å². The lowest BCUT2D eigenvalue weighted by atomic mass is 9.86. The molecule has 0 aromatic heterocycles. The zero-order chi connectivity index (χ0) is 13.3. The zero-order valence-corrected chi connectivity index (χ0v) is 12.3. The van der Waals surface area contributed by atoms with Crippen molar-refractivity contribution in [2.24, 2.45) is 0 Å². The van der Waals surface area contributed by atoms with E-state index in [0.29, 0.717) is 6.42 Å². The maximum atomic E-state index is 9.12. The summed E-state index contributed by atoms with van der Waals surface area (Å²) < 4.78 is 11.9. The molecule has 0 bridgehead atoms. The van der Waals surface area contributed by atoms with Crippen LogP contribution in [0.25, 0.3) is 0 Å². The van der Waals surface area contributed by atoms with E-state index < -0.39 is 7.12 Å². The van der Waals surface area contributed by atoms with Gasteiger partial charge in [-0.3, -0.25) is 0 Å². The van der Waals surface area contributed by atoms with Crippen molar-refractivity contribution in [2.75, 3.05) is 6.26 Å². The second-order valence-electron chi connectivity index (χ2n) is 5.10. The molecule has 0 radical (unpaired) electrons. The quantitative estimate of drug-likeness (QED) is 0.572. The van der Waals surface area contributed by atoms with Gasteiger partial charge in [-0.2, -0.15) is 5.26 Å². The van der Waals surface area contributed by atoms with E-state index in [1.807, 2.05) is 40.9 Å². The van der Waals surface area contributed by atoms with Gasteiger partial charge in [0, 0.05) is 10.4 Å². The molecule has 0 aliphatic carbocycles. The third kappa shape index (κ3) is 2.70. The summed E-state index contributed by atoms with van der Waals surface area (Å²) in [5.74, 6) is 0. The van der Waals surface area contributed by atoms with Gasteiger partial charge in [-0.05, 0) is 40.4 Å². The molecule has 0 unspecified atom stereocenters. The Labute approximate surface area is 109 Å². The van der Waals surface area contributed by atoms with Crippen LogP contribution in [0, 0.1) is 11.3 Å². The van der Waals surface area contributed by atoms with E-state index in [1.165, 1.54) is 11.8 Å². The van der Waals surface area contributed by atoms with Gasteiger partial charge < -0.3 is 9.31 Å². The molecule has 0 N–H and O–H groups in total. The number of hydrogen-bond donors (Lipinski definition) is 0. The van der Waals surface area contributed by atoms with Crippen LogP contribution in [-0.2, 0) is 9.31 Å². The lowest BCUT2D eigenvalue weighted by molar-refractivity contribution is 0.00578. The van der Waals surface area contributed by atoms with Crippen LogP contribution in [0.2, 0.25) is 0 Å². The van der Waals surface area contributed by atoms with Crippen LogP contribution in [0.3, 0.4) is 0 Å². The van der Waals surface area contributed by atoms with Gasteiger partial charge in [-0.25, -0.2) is 0 Å². The maximum absolute atomic E-state index is 9.12. The standard InChI is InChI=1S/C12H20BNO2S/c1-7-9(8-14)10(17-6)13-15-11(2,3)12(4,5)16-13/h7H2,1-6H3/b10-9+. The Hall–Kier alpha value is -0.435.